The molecule has 0 aliphatic carbocycles. The highest BCUT2D eigenvalue weighted by Gasteiger charge is 2.18. The quantitative estimate of drug-likeness (QED) is 0.852. The number of carbonyl (C=O) groups is 1. The van der Waals surface area contributed by atoms with Gasteiger partial charge in [0, 0.05) is 18.7 Å². The molecule has 0 aliphatic heterocycles. The van der Waals surface area contributed by atoms with Crippen LogP contribution in [-0.2, 0) is 16.6 Å². The molecule has 0 bridgehead atoms. The number of rotatable bonds is 6. The van der Waals surface area contributed by atoms with Crippen molar-refractivity contribution < 1.29 is 13.2 Å². The molecule has 0 spiro atoms. The Morgan fingerprint density at radius 2 is 1.78 bits per heavy atom. The lowest BCUT2D eigenvalue weighted by atomic mass is 10.1. The van der Waals surface area contributed by atoms with Gasteiger partial charge in [0.1, 0.15) is 0 Å². The minimum Gasteiger partial charge on any atom is -0.352 e. The fourth-order valence-electron chi connectivity index (χ4n) is 2.15. The molecular formula is C17H20N2O3S. The lowest BCUT2D eigenvalue weighted by molar-refractivity contribution is 0.0955. The summed E-state index contributed by atoms with van der Waals surface area (Å²) in [5.74, 6) is -0.285. The van der Waals surface area contributed by atoms with Crippen LogP contribution >= 0.6 is 0 Å². The summed E-state index contributed by atoms with van der Waals surface area (Å²) in [4.78, 5) is 12.0. The predicted octanol–water partition coefficient (Wildman–Crippen LogP) is 2.22. The SMILES string of the molecule is CCNC(=O)c1ccc(C)c(S(=O)(=O)NCc2ccccc2)c1. The highest BCUT2D eigenvalue weighted by Crippen LogP contribution is 2.17. The predicted molar refractivity (Wildman–Crippen MR) is 89.7 cm³/mol. The van der Waals surface area contributed by atoms with Crippen LogP contribution in [0.25, 0.3) is 0 Å². The first-order valence-electron chi connectivity index (χ1n) is 7.36. The number of carbonyl (C=O) groups excluding carboxylic acids is 1. The van der Waals surface area contributed by atoms with Crippen molar-refractivity contribution in [2.45, 2.75) is 25.3 Å². The Bertz CT molecular complexity index is 787. The van der Waals surface area contributed by atoms with Gasteiger partial charge in [0.2, 0.25) is 10.0 Å². The first-order chi connectivity index (χ1) is 10.9. The molecule has 2 aromatic rings. The first-order valence-corrected chi connectivity index (χ1v) is 8.85. The van der Waals surface area contributed by atoms with Crippen molar-refractivity contribution in [3.63, 3.8) is 0 Å². The molecular weight excluding hydrogens is 312 g/mol. The van der Waals surface area contributed by atoms with Crippen LogP contribution in [0.2, 0.25) is 0 Å². The van der Waals surface area contributed by atoms with Gasteiger partial charge in [-0.25, -0.2) is 13.1 Å². The van der Waals surface area contributed by atoms with Gasteiger partial charge in [0.25, 0.3) is 5.91 Å². The van der Waals surface area contributed by atoms with Crippen molar-refractivity contribution in [2.24, 2.45) is 0 Å². The van der Waals surface area contributed by atoms with Gasteiger partial charge in [-0.1, -0.05) is 36.4 Å². The second kappa shape index (κ2) is 7.39. The standard InChI is InChI=1S/C17H20N2O3S/c1-3-18-17(20)15-10-9-13(2)16(11-15)23(21,22)19-12-14-7-5-4-6-8-14/h4-11,19H,3,12H2,1-2H3,(H,18,20). The van der Waals surface area contributed by atoms with Crippen molar-refractivity contribution >= 4 is 15.9 Å². The molecule has 2 rings (SSSR count). The molecule has 1 amide bonds. The first kappa shape index (κ1) is 17.2. The Kier molecular flexibility index (Phi) is 5.52. The number of nitrogens with one attached hydrogen (secondary N) is 2. The van der Waals surface area contributed by atoms with Gasteiger partial charge in [-0.2, -0.15) is 0 Å². The number of benzene rings is 2. The van der Waals surface area contributed by atoms with E-state index < -0.39 is 10.0 Å². The summed E-state index contributed by atoms with van der Waals surface area (Å²) in [6.45, 7) is 4.21. The van der Waals surface area contributed by atoms with E-state index in [1.54, 1.807) is 19.1 Å². The second-order valence-electron chi connectivity index (χ2n) is 5.15. The van der Waals surface area contributed by atoms with Crippen LogP contribution in [0.4, 0.5) is 0 Å². The summed E-state index contributed by atoms with van der Waals surface area (Å²) in [5.41, 5.74) is 1.80. The fourth-order valence-corrected chi connectivity index (χ4v) is 3.43. The number of sulfonamides is 1. The third-order valence-corrected chi connectivity index (χ3v) is 4.93. The molecule has 5 nitrogen and oxygen atoms in total. The maximum atomic E-state index is 12.5. The average molecular weight is 332 g/mol. The Hall–Kier alpha value is -2.18. The lowest BCUT2D eigenvalue weighted by Gasteiger charge is -2.11. The Balaban J connectivity index is 2.24. The van der Waals surface area contributed by atoms with E-state index in [0.717, 1.165) is 5.56 Å². The molecule has 0 aliphatic rings. The number of aryl methyl sites for hydroxylation is 1. The van der Waals surface area contributed by atoms with Crippen LogP contribution in [0.3, 0.4) is 0 Å². The molecule has 0 atom stereocenters. The normalized spacial score (nSPS) is 11.2. The number of hydrogen-bond acceptors (Lipinski definition) is 3. The molecule has 0 aromatic heterocycles. The van der Waals surface area contributed by atoms with Gasteiger partial charge in [-0.15, -0.1) is 0 Å². The van der Waals surface area contributed by atoms with Gasteiger partial charge in [0.15, 0.2) is 0 Å². The van der Waals surface area contributed by atoms with Crippen LogP contribution in [0.15, 0.2) is 53.4 Å². The molecule has 23 heavy (non-hydrogen) atoms. The number of amides is 1. The summed E-state index contributed by atoms with van der Waals surface area (Å²) in [6, 6.07) is 13.9. The van der Waals surface area contributed by atoms with E-state index >= 15 is 0 Å². The summed E-state index contributed by atoms with van der Waals surface area (Å²) < 4.78 is 27.6. The van der Waals surface area contributed by atoms with Gasteiger partial charge in [-0.05, 0) is 37.1 Å². The molecule has 0 fully saturated rings. The second-order valence-corrected chi connectivity index (χ2v) is 6.89. The lowest BCUT2D eigenvalue weighted by Crippen LogP contribution is -2.26. The van der Waals surface area contributed by atoms with Crippen LogP contribution in [-0.4, -0.2) is 20.9 Å². The molecule has 122 valence electrons. The Labute approximate surface area is 136 Å². The van der Waals surface area contributed by atoms with Gasteiger partial charge < -0.3 is 5.32 Å². The van der Waals surface area contributed by atoms with Crippen LogP contribution in [0.1, 0.15) is 28.4 Å². The number of hydrogen-bond donors (Lipinski definition) is 2. The molecule has 6 heteroatoms. The summed E-state index contributed by atoms with van der Waals surface area (Å²) in [7, 11) is -3.69. The summed E-state index contributed by atoms with van der Waals surface area (Å²) in [6.07, 6.45) is 0. The highest BCUT2D eigenvalue weighted by molar-refractivity contribution is 7.89. The van der Waals surface area contributed by atoms with Crippen molar-refractivity contribution in [2.75, 3.05) is 6.54 Å². The Morgan fingerprint density at radius 1 is 1.09 bits per heavy atom. The zero-order chi connectivity index (χ0) is 16.9. The largest absolute Gasteiger partial charge is 0.352 e. The molecule has 0 unspecified atom stereocenters. The van der Waals surface area contributed by atoms with E-state index in [1.165, 1.54) is 6.07 Å². The maximum absolute atomic E-state index is 12.5. The van der Waals surface area contributed by atoms with E-state index in [2.05, 4.69) is 10.0 Å². The van der Waals surface area contributed by atoms with Crippen LogP contribution in [0, 0.1) is 6.92 Å². The van der Waals surface area contributed by atoms with E-state index in [9.17, 15) is 13.2 Å². The van der Waals surface area contributed by atoms with Crippen molar-refractivity contribution in [1.29, 1.82) is 0 Å². The summed E-state index contributed by atoms with van der Waals surface area (Å²) >= 11 is 0. The van der Waals surface area contributed by atoms with Crippen LogP contribution in [0.5, 0.6) is 0 Å². The fraction of sp³-hybridized carbons (Fsp3) is 0.235. The van der Waals surface area contributed by atoms with Gasteiger partial charge in [0.05, 0.1) is 4.90 Å². The zero-order valence-electron chi connectivity index (χ0n) is 13.2. The highest BCUT2D eigenvalue weighted by atomic mass is 32.2. The molecule has 0 saturated carbocycles. The van der Waals surface area contributed by atoms with Gasteiger partial charge in [-0.3, -0.25) is 4.79 Å². The van der Waals surface area contributed by atoms with E-state index in [1.807, 2.05) is 37.3 Å². The van der Waals surface area contributed by atoms with E-state index in [0.29, 0.717) is 17.7 Å². The third-order valence-electron chi connectivity index (χ3n) is 3.39. The topological polar surface area (TPSA) is 75.3 Å². The molecule has 0 radical (unpaired) electrons. The Morgan fingerprint density at radius 3 is 2.43 bits per heavy atom. The van der Waals surface area contributed by atoms with Crippen molar-refractivity contribution in [3.8, 4) is 0 Å². The van der Waals surface area contributed by atoms with Crippen molar-refractivity contribution in [1.82, 2.24) is 10.0 Å². The van der Waals surface area contributed by atoms with Crippen molar-refractivity contribution in [3.05, 3.63) is 65.2 Å². The van der Waals surface area contributed by atoms with Gasteiger partial charge >= 0.3 is 0 Å². The van der Waals surface area contributed by atoms with Crippen LogP contribution < -0.4 is 10.0 Å². The minimum absolute atomic E-state index is 0.122. The zero-order valence-corrected chi connectivity index (χ0v) is 14.0. The average Bonchev–Trinajstić information content (AvgIpc) is 2.54. The molecule has 2 N–H and O–H groups in total. The third kappa shape index (κ3) is 4.40. The smallest absolute Gasteiger partial charge is 0.251 e. The minimum atomic E-state index is -3.69. The van der Waals surface area contributed by atoms with E-state index in [-0.39, 0.29) is 17.3 Å². The van der Waals surface area contributed by atoms with E-state index in [4.69, 9.17) is 0 Å². The molecule has 2 aromatic carbocycles. The summed E-state index contributed by atoms with van der Waals surface area (Å²) in [5, 5.41) is 2.66. The molecule has 0 saturated heterocycles. The monoisotopic (exact) mass is 332 g/mol. The molecule has 0 heterocycles. The maximum Gasteiger partial charge on any atom is 0.251 e.